The molecule has 0 unspecified atom stereocenters. The van der Waals surface area contributed by atoms with Gasteiger partial charge in [0.05, 0.1) is 34.6 Å². The highest BCUT2D eigenvalue weighted by molar-refractivity contribution is 6.42. The Balaban J connectivity index is 1.46. The molecule has 4 aromatic rings. The molecule has 0 atom stereocenters. The van der Waals surface area contributed by atoms with Crippen LogP contribution in [0.2, 0.25) is 10.0 Å². The van der Waals surface area contributed by atoms with Crippen LogP contribution >= 0.6 is 23.2 Å². The number of benzene rings is 1. The van der Waals surface area contributed by atoms with Gasteiger partial charge in [-0.05, 0) is 35.4 Å². The number of halogens is 2. The highest BCUT2D eigenvalue weighted by atomic mass is 35.5. The fourth-order valence-corrected chi connectivity index (χ4v) is 4.03. The molecule has 3 aromatic heterocycles. The Bertz CT molecular complexity index is 1310. The lowest BCUT2D eigenvalue weighted by Gasteiger charge is -2.37. The number of aromatic amines is 1. The number of hydrogen-bond donors (Lipinski definition) is 2. The summed E-state index contributed by atoms with van der Waals surface area (Å²) in [5.41, 5.74) is 4.25. The van der Waals surface area contributed by atoms with Gasteiger partial charge in [-0.1, -0.05) is 29.3 Å². The molecule has 0 spiro atoms. The van der Waals surface area contributed by atoms with Gasteiger partial charge in [0.2, 0.25) is 0 Å². The van der Waals surface area contributed by atoms with Gasteiger partial charge < -0.3 is 19.6 Å². The van der Waals surface area contributed by atoms with E-state index in [4.69, 9.17) is 23.2 Å². The van der Waals surface area contributed by atoms with Gasteiger partial charge in [-0.2, -0.15) is 0 Å². The molecule has 1 fully saturated rings. The third kappa shape index (κ3) is 3.47. The minimum Gasteiger partial charge on any atom is -0.389 e. The van der Waals surface area contributed by atoms with Crippen LogP contribution in [0, 0.1) is 0 Å². The first-order chi connectivity index (χ1) is 14.5. The molecular weight excluding hydrogens is 423 g/mol. The van der Waals surface area contributed by atoms with Gasteiger partial charge in [0.1, 0.15) is 5.65 Å². The van der Waals surface area contributed by atoms with E-state index in [1.165, 1.54) is 0 Å². The van der Waals surface area contributed by atoms with E-state index in [1.807, 2.05) is 24.4 Å². The normalized spacial score (nSPS) is 14.3. The zero-order valence-electron chi connectivity index (χ0n) is 15.8. The van der Waals surface area contributed by atoms with E-state index >= 15 is 0 Å². The molecule has 6 nitrogen and oxygen atoms in total. The first-order valence-electron chi connectivity index (χ1n) is 9.53. The second-order valence-corrected chi connectivity index (χ2v) is 8.30. The lowest BCUT2D eigenvalue weighted by atomic mass is 10.1. The van der Waals surface area contributed by atoms with Crippen molar-refractivity contribution in [3.05, 3.63) is 81.0 Å². The number of H-pyrrole nitrogens is 1. The summed E-state index contributed by atoms with van der Waals surface area (Å²) in [5, 5.41) is 11.5. The quantitative estimate of drug-likeness (QED) is 0.504. The monoisotopic (exact) mass is 440 g/mol. The largest absolute Gasteiger partial charge is 0.389 e. The summed E-state index contributed by atoms with van der Waals surface area (Å²) in [4.78, 5) is 22.5. The molecule has 1 aromatic carbocycles. The molecule has 2 N–H and O–H groups in total. The number of β-amino-alcohol motifs (C(OH)–C–C–N with tert-alkyl or cyclic N) is 1. The minimum absolute atomic E-state index is 0.108. The van der Waals surface area contributed by atoms with Gasteiger partial charge in [-0.15, -0.1) is 0 Å². The van der Waals surface area contributed by atoms with Crippen LogP contribution in [0.3, 0.4) is 0 Å². The molecule has 0 amide bonds. The molecule has 0 aliphatic carbocycles. The molecule has 8 heteroatoms. The third-order valence-electron chi connectivity index (χ3n) is 5.39. The van der Waals surface area contributed by atoms with Crippen molar-refractivity contribution >= 4 is 39.9 Å². The predicted molar refractivity (Wildman–Crippen MR) is 120 cm³/mol. The molecule has 0 saturated carbocycles. The maximum Gasteiger partial charge on any atom is 0.251 e. The molecule has 5 rings (SSSR count). The van der Waals surface area contributed by atoms with Crippen LogP contribution in [0.4, 0.5) is 5.69 Å². The van der Waals surface area contributed by atoms with Crippen molar-refractivity contribution in [3.8, 4) is 11.1 Å². The van der Waals surface area contributed by atoms with Crippen LogP contribution in [0.15, 0.2) is 59.8 Å². The highest BCUT2D eigenvalue weighted by Crippen LogP contribution is 2.31. The van der Waals surface area contributed by atoms with E-state index in [1.54, 1.807) is 35.2 Å². The van der Waals surface area contributed by atoms with Gasteiger partial charge in [-0.3, -0.25) is 4.79 Å². The van der Waals surface area contributed by atoms with Gasteiger partial charge in [-0.25, -0.2) is 4.98 Å². The summed E-state index contributed by atoms with van der Waals surface area (Å²) in [6, 6.07) is 10.9. The lowest BCUT2D eigenvalue weighted by Crippen LogP contribution is -2.50. The Kier molecular flexibility index (Phi) is 4.77. The minimum atomic E-state index is -0.283. The van der Waals surface area contributed by atoms with E-state index < -0.39 is 0 Å². The Hall–Kier alpha value is -2.80. The van der Waals surface area contributed by atoms with Gasteiger partial charge >= 0.3 is 0 Å². The van der Waals surface area contributed by atoms with Crippen LogP contribution in [0.1, 0.15) is 5.56 Å². The number of nitrogens with one attached hydrogen (secondary N) is 1. The first kappa shape index (κ1) is 19.2. The molecule has 152 valence electrons. The standard InChI is InChI=1S/C22H18Cl2N4O2/c23-19-2-1-13(5-20(19)24)10-27-4-3-14(6-21(27)30)18-9-26-22-17(18)7-15(8-25-22)28-11-16(29)12-28/h1-9,16,29H,10-12H2,(H,25,26). The molecule has 1 aliphatic heterocycles. The Morgan fingerprint density at radius 3 is 2.70 bits per heavy atom. The average Bonchev–Trinajstić information content (AvgIpc) is 3.13. The number of aliphatic hydroxyl groups excluding tert-OH is 1. The van der Waals surface area contributed by atoms with Crippen molar-refractivity contribution in [2.75, 3.05) is 18.0 Å². The average molecular weight is 441 g/mol. The van der Waals surface area contributed by atoms with Crippen LogP contribution in [0.5, 0.6) is 0 Å². The van der Waals surface area contributed by atoms with Crippen molar-refractivity contribution in [2.45, 2.75) is 12.6 Å². The zero-order valence-corrected chi connectivity index (χ0v) is 17.4. The van der Waals surface area contributed by atoms with E-state index in [0.29, 0.717) is 29.7 Å². The predicted octanol–water partition coefficient (Wildman–Crippen LogP) is 3.93. The first-order valence-corrected chi connectivity index (χ1v) is 10.3. The van der Waals surface area contributed by atoms with Gasteiger partial charge in [0.25, 0.3) is 5.56 Å². The van der Waals surface area contributed by atoms with E-state index in [9.17, 15) is 9.90 Å². The highest BCUT2D eigenvalue weighted by Gasteiger charge is 2.25. The van der Waals surface area contributed by atoms with E-state index in [-0.39, 0.29) is 11.7 Å². The van der Waals surface area contributed by atoms with Gasteiger partial charge in [0, 0.05) is 42.5 Å². The summed E-state index contributed by atoms with van der Waals surface area (Å²) in [5.74, 6) is 0. The van der Waals surface area contributed by atoms with E-state index in [2.05, 4.69) is 14.9 Å². The van der Waals surface area contributed by atoms with Gasteiger partial charge in [0.15, 0.2) is 0 Å². The van der Waals surface area contributed by atoms with Crippen LogP contribution in [0.25, 0.3) is 22.2 Å². The van der Waals surface area contributed by atoms with Crippen LogP contribution < -0.4 is 10.5 Å². The number of pyridine rings is 2. The number of anilines is 1. The third-order valence-corrected chi connectivity index (χ3v) is 6.13. The number of aromatic nitrogens is 3. The molecule has 0 bridgehead atoms. The van der Waals surface area contributed by atoms with Crippen molar-refractivity contribution in [2.24, 2.45) is 0 Å². The number of nitrogens with zero attached hydrogens (tertiary/aromatic N) is 3. The molecule has 30 heavy (non-hydrogen) atoms. The van der Waals surface area contributed by atoms with Crippen molar-refractivity contribution in [1.82, 2.24) is 14.5 Å². The molecule has 0 radical (unpaired) electrons. The summed E-state index contributed by atoms with van der Waals surface area (Å²) >= 11 is 12.0. The van der Waals surface area contributed by atoms with Crippen LogP contribution in [-0.2, 0) is 6.54 Å². The maximum absolute atomic E-state index is 12.7. The molecule has 1 saturated heterocycles. The Morgan fingerprint density at radius 2 is 1.97 bits per heavy atom. The molecule has 1 aliphatic rings. The number of aliphatic hydroxyl groups is 1. The molecular formula is C22H18Cl2N4O2. The second kappa shape index (κ2) is 7.47. The SMILES string of the molecule is O=c1cc(-c2c[nH]c3ncc(N4CC(O)C4)cc23)ccn1Cc1ccc(Cl)c(Cl)c1. The number of rotatable bonds is 4. The van der Waals surface area contributed by atoms with Crippen molar-refractivity contribution in [1.29, 1.82) is 0 Å². The summed E-state index contributed by atoms with van der Waals surface area (Å²) in [6.45, 7) is 1.63. The molecule has 4 heterocycles. The topological polar surface area (TPSA) is 74.2 Å². The number of fused-ring (bicyclic) bond motifs is 1. The summed E-state index contributed by atoms with van der Waals surface area (Å²) in [6.07, 6.45) is 5.16. The van der Waals surface area contributed by atoms with E-state index in [0.717, 1.165) is 33.4 Å². The second-order valence-electron chi connectivity index (χ2n) is 7.48. The lowest BCUT2D eigenvalue weighted by molar-refractivity contribution is 0.142. The fraction of sp³-hybridized carbons (Fsp3) is 0.182. The van der Waals surface area contributed by atoms with Crippen molar-refractivity contribution in [3.63, 3.8) is 0 Å². The smallest absolute Gasteiger partial charge is 0.251 e. The summed E-state index contributed by atoms with van der Waals surface area (Å²) < 4.78 is 1.63. The summed E-state index contributed by atoms with van der Waals surface area (Å²) in [7, 11) is 0. The fourth-order valence-electron chi connectivity index (χ4n) is 3.71. The number of hydrogen-bond acceptors (Lipinski definition) is 4. The maximum atomic E-state index is 12.7. The van der Waals surface area contributed by atoms with Crippen LogP contribution in [-0.4, -0.2) is 38.8 Å². The Morgan fingerprint density at radius 1 is 1.13 bits per heavy atom. The zero-order chi connectivity index (χ0) is 20.8. The Labute approximate surface area is 182 Å². The van der Waals surface area contributed by atoms with Crippen molar-refractivity contribution < 1.29 is 5.11 Å².